The van der Waals surface area contributed by atoms with Crippen LogP contribution in [-0.2, 0) is 11.3 Å². The Bertz CT molecular complexity index is 478. The first-order chi connectivity index (χ1) is 11.8. The summed E-state index contributed by atoms with van der Waals surface area (Å²) in [6.07, 6.45) is 12.1. The molecule has 0 bridgehead atoms. The van der Waals surface area contributed by atoms with Crippen LogP contribution in [0.2, 0.25) is 0 Å². The number of nitrogens with one attached hydrogen (secondary N) is 2. The smallest absolute Gasteiger partial charge is 0.191 e. The highest BCUT2D eigenvalue weighted by atomic mass is 16.5. The first-order valence-electron chi connectivity index (χ1n) is 9.40. The molecular formula is C18H33N5O. The predicted octanol–water partition coefficient (Wildman–Crippen LogP) is 2.49. The van der Waals surface area contributed by atoms with Crippen molar-refractivity contribution in [1.29, 1.82) is 0 Å². The molecule has 1 aromatic heterocycles. The second kappa shape index (κ2) is 11.1. The number of nitrogens with zero attached hydrogens (tertiary/aromatic N) is 3. The summed E-state index contributed by atoms with van der Waals surface area (Å²) in [7, 11) is 0. The molecule has 2 N–H and O–H groups in total. The number of guanidine groups is 1. The van der Waals surface area contributed by atoms with E-state index in [2.05, 4.69) is 34.6 Å². The first-order valence-corrected chi connectivity index (χ1v) is 9.40. The molecule has 0 aliphatic heterocycles. The van der Waals surface area contributed by atoms with Crippen molar-refractivity contribution >= 4 is 5.96 Å². The van der Waals surface area contributed by atoms with Crippen LogP contribution in [-0.4, -0.2) is 48.1 Å². The molecule has 1 saturated carbocycles. The zero-order chi connectivity index (χ0) is 17.0. The Balaban J connectivity index is 1.65. The van der Waals surface area contributed by atoms with Gasteiger partial charge in [0, 0.05) is 19.3 Å². The van der Waals surface area contributed by atoms with Gasteiger partial charge in [-0.2, -0.15) is 5.10 Å². The van der Waals surface area contributed by atoms with Gasteiger partial charge in [0.05, 0.1) is 32.0 Å². The van der Waals surface area contributed by atoms with E-state index >= 15 is 0 Å². The molecule has 1 aromatic rings. The van der Waals surface area contributed by atoms with Crippen LogP contribution in [0.25, 0.3) is 0 Å². The molecule has 0 atom stereocenters. The SMILES string of the molecule is CCNC(=NCCOC1CCCCCC1)NCCn1cc(C)cn1. The number of aliphatic imine (C=N–C) groups is 1. The lowest BCUT2D eigenvalue weighted by Gasteiger charge is -2.15. The molecule has 1 aliphatic rings. The van der Waals surface area contributed by atoms with E-state index in [1.165, 1.54) is 44.1 Å². The van der Waals surface area contributed by atoms with E-state index in [9.17, 15) is 0 Å². The highest BCUT2D eigenvalue weighted by molar-refractivity contribution is 5.79. The standard InChI is InChI=1S/C18H33N5O/c1-3-19-18(20-10-12-23-15-16(2)14-22-23)21-11-13-24-17-8-6-4-5-7-9-17/h14-15,17H,3-13H2,1-2H3,(H2,19,20,21). The van der Waals surface area contributed by atoms with Crippen LogP contribution in [0.3, 0.4) is 0 Å². The quantitative estimate of drug-likeness (QED) is 0.332. The summed E-state index contributed by atoms with van der Waals surface area (Å²) in [4.78, 5) is 4.60. The summed E-state index contributed by atoms with van der Waals surface area (Å²) in [6, 6.07) is 0. The van der Waals surface area contributed by atoms with Crippen LogP contribution < -0.4 is 10.6 Å². The van der Waals surface area contributed by atoms with Crippen molar-refractivity contribution in [2.75, 3.05) is 26.2 Å². The minimum atomic E-state index is 0.446. The van der Waals surface area contributed by atoms with Crippen molar-refractivity contribution in [2.45, 2.75) is 65.0 Å². The molecule has 6 heteroatoms. The third kappa shape index (κ3) is 7.34. The van der Waals surface area contributed by atoms with Gasteiger partial charge in [-0.1, -0.05) is 25.7 Å². The van der Waals surface area contributed by atoms with Crippen molar-refractivity contribution in [1.82, 2.24) is 20.4 Å². The van der Waals surface area contributed by atoms with Gasteiger partial charge in [-0.25, -0.2) is 0 Å². The van der Waals surface area contributed by atoms with Gasteiger partial charge in [-0.15, -0.1) is 0 Å². The summed E-state index contributed by atoms with van der Waals surface area (Å²) < 4.78 is 7.94. The Kier molecular flexibility index (Phi) is 8.66. The van der Waals surface area contributed by atoms with Gasteiger partial charge in [0.25, 0.3) is 0 Å². The molecule has 0 saturated heterocycles. The van der Waals surface area contributed by atoms with Crippen molar-refractivity contribution in [2.24, 2.45) is 4.99 Å². The molecule has 0 aromatic carbocycles. The fourth-order valence-corrected chi connectivity index (χ4v) is 3.01. The van der Waals surface area contributed by atoms with E-state index in [1.807, 2.05) is 17.1 Å². The molecule has 0 amide bonds. The molecule has 6 nitrogen and oxygen atoms in total. The fraction of sp³-hybridized carbons (Fsp3) is 0.778. The Morgan fingerprint density at radius 1 is 1.29 bits per heavy atom. The third-order valence-corrected chi connectivity index (χ3v) is 4.26. The lowest BCUT2D eigenvalue weighted by molar-refractivity contribution is 0.0487. The number of aromatic nitrogens is 2. The average Bonchev–Trinajstić information content (AvgIpc) is 2.83. The van der Waals surface area contributed by atoms with Gasteiger partial charge in [0.2, 0.25) is 0 Å². The van der Waals surface area contributed by atoms with Crippen LogP contribution in [0.15, 0.2) is 17.4 Å². The molecule has 136 valence electrons. The van der Waals surface area contributed by atoms with Crippen LogP contribution in [0.1, 0.15) is 51.0 Å². The van der Waals surface area contributed by atoms with Gasteiger partial charge < -0.3 is 15.4 Å². The Morgan fingerprint density at radius 3 is 2.75 bits per heavy atom. The highest BCUT2D eigenvalue weighted by Crippen LogP contribution is 2.19. The largest absolute Gasteiger partial charge is 0.376 e. The molecule has 2 rings (SSSR count). The summed E-state index contributed by atoms with van der Waals surface area (Å²) in [6.45, 7) is 8.03. The number of rotatable bonds is 8. The van der Waals surface area contributed by atoms with Gasteiger partial charge in [0.1, 0.15) is 0 Å². The monoisotopic (exact) mass is 335 g/mol. The van der Waals surface area contributed by atoms with Crippen LogP contribution in [0, 0.1) is 6.92 Å². The molecule has 1 fully saturated rings. The molecule has 1 heterocycles. The lowest BCUT2D eigenvalue weighted by atomic mass is 10.1. The highest BCUT2D eigenvalue weighted by Gasteiger charge is 2.11. The van der Waals surface area contributed by atoms with Crippen LogP contribution in [0.5, 0.6) is 0 Å². The molecule has 0 radical (unpaired) electrons. The van der Waals surface area contributed by atoms with Crippen molar-refractivity contribution in [3.05, 3.63) is 18.0 Å². The second-order valence-corrected chi connectivity index (χ2v) is 6.45. The van der Waals surface area contributed by atoms with Gasteiger partial charge >= 0.3 is 0 Å². The van der Waals surface area contributed by atoms with Crippen LogP contribution >= 0.6 is 0 Å². The van der Waals surface area contributed by atoms with Gasteiger partial charge in [-0.3, -0.25) is 9.67 Å². The van der Waals surface area contributed by atoms with E-state index in [0.717, 1.165) is 25.6 Å². The van der Waals surface area contributed by atoms with Gasteiger partial charge in [0.15, 0.2) is 5.96 Å². The number of aryl methyl sites for hydroxylation is 1. The van der Waals surface area contributed by atoms with Crippen molar-refractivity contribution in [3.8, 4) is 0 Å². The molecule has 1 aliphatic carbocycles. The molecule has 24 heavy (non-hydrogen) atoms. The molecule has 0 spiro atoms. The number of hydrogen-bond acceptors (Lipinski definition) is 3. The van der Waals surface area contributed by atoms with Gasteiger partial charge in [-0.05, 0) is 32.3 Å². The Morgan fingerprint density at radius 2 is 2.08 bits per heavy atom. The Labute approximate surface area is 146 Å². The van der Waals surface area contributed by atoms with E-state index in [0.29, 0.717) is 19.3 Å². The predicted molar refractivity (Wildman–Crippen MR) is 98.4 cm³/mol. The topological polar surface area (TPSA) is 63.5 Å². The summed E-state index contributed by atoms with van der Waals surface area (Å²) in [5.41, 5.74) is 1.19. The maximum absolute atomic E-state index is 5.99. The summed E-state index contributed by atoms with van der Waals surface area (Å²) in [5.74, 6) is 0.853. The average molecular weight is 335 g/mol. The molecular weight excluding hydrogens is 302 g/mol. The third-order valence-electron chi connectivity index (χ3n) is 4.26. The summed E-state index contributed by atoms with van der Waals surface area (Å²) in [5, 5.41) is 10.9. The fourth-order valence-electron chi connectivity index (χ4n) is 3.01. The Hall–Kier alpha value is -1.56. The number of ether oxygens (including phenoxy) is 1. The maximum Gasteiger partial charge on any atom is 0.191 e. The number of hydrogen-bond donors (Lipinski definition) is 2. The van der Waals surface area contributed by atoms with Crippen molar-refractivity contribution < 1.29 is 4.74 Å². The van der Waals surface area contributed by atoms with Crippen LogP contribution in [0.4, 0.5) is 0 Å². The van der Waals surface area contributed by atoms with E-state index in [4.69, 9.17) is 4.74 Å². The lowest BCUT2D eigenvalue weighted by Crippen LogP contribution is -2.39. The van der Waals surface area contributed by atoms with Crippen molar-refractivity contribution in [3.63, 3.8) is 0 Å². The normalized spacial score (nSPS) is 16.8. The minimum Gasteiger partial charge on any atom is -0.376 e. The zero-order valence-corrected chi connectivity index (χ0v) is 15.3. The van der Waals surface area contributed by atoms with E-state index in [1.54, 1.807) is 0 Å². The van der Waals surface area contributed by atoms with E-state index < -0.39 is 0 Å². The summed E-state index contributed by atoms with van der Waals surface area (Å²) >= 11 is 0. The zero-order valence-electron chi connectivity index (χ0n) is 15.3. The molecule has 0 unspecified atom stereocenters. The minimum absolute atomic E-state index is 0.446. The first kappa shape index (κ1) is 18.8. The second-order valence-electron chi connectivity index (χ2n) is 6.45. The maximum atomic E-state index is 5.99. The van der Waals surface area contributed by atoms with E-state index in [-0.39, 0.29) is 0 Å².